The average Bonchev–Trinajstić information content (AvgIpc) is 3.02. The summed E-state index contributed by atoms with van der Waals surface area (Å²) in [5, 5.41) is 11.7. The molecule has 0 saturated heterocycles. The summed E-state index contributed by atoms with van der Waals surface area (Å²) in [6.45, 7) is 0. The van der Waals surface area contributed by atoms with Gasteiger partial charge in [0.25, 0.3) is 25.8 Å². The van der Waals surface area contributed by atoms with Gasteiger partial charge in [-0.2, -0.15) is 16.8 Å². The van der Waals surface area contributed by atoms with Crippen molar-refractivity contribution in [3.8, 4) is 5.69 Å². The van der Waals surface area contributed by atoms with E-state index < -0.39 is 48.0 Å². The maximum absolute atomic E-state index is 12.7. The first kappa shape index (κ1) is 22.0. The number of aromatic nitrogens is 2. The Morgan fingerprint density at radius 1 is 0.839 bits per heavy atom. The lowest BCUT2D eigenvalue weighted by Gasteiger charge is -2.08. The number of aromatic carboxylic acids is 1. The van der Waals surface area contributed by atoms with E-state index in [0.29, 0.717) is 0 Å². The highest BCUT2D eigenvalue weighted by Gasteiger charge is 2.21. The SMILES string of the molecule is O=C(O)c1[nH]n(-c2ccc(S(=O)(=O)O)cc2)c(=O)c1NNc1ccc(S(=O)(=O)O)cc1. The van der Waals surface area contributed by atoms with Crippen molar-refractivity contribution in [2.75, 3.05) is 10.9 Å². The number of aromatic amines is 1. The minimum Gasteiger partial charge on any atom is -0.476 e. The van der Waals surface area contributed by atoms with Crippen LogP contribution in [0.2, 0.25) is 0 Å². The van der Waals surface area contributed by atoms with Crippen molar-refractivity contribution in [3.63, 3.8) is 0 Å². The number of hydrazine groups is 1. The Labute approximate surface area is 174 Å². The van der Waals surface area contributed by atoms with Gasteiger partial charge in [0, 0.05) is 0 Å². The minimum absolute atomic E-state index is 0.0884. The molecule has 0 aliphatic rings. The van der Waals surface area contributed by atoms with Crippen LogP contribution in [0, 0.1) is 0 Å². The number of nitrogens with one attached hydrogen (secondary N) is 3. The van der Waals surface area contributed by atoms with Gasteiger partial charge in [0.2, 0.25) is 0 Å². The monoisotopic (exact) mass is 470 g/mol. The van der Waals surface area contributed by atoms with Gasteiger partial charge in [-0.1, -0.05) is 0 Å². The van der Waals surface area contributed by atoms with Gasteiger partial charge in [0.1, 0.15) is 0 Å². The van der Waals surface area contributed by atoms with Crippen LogP contribution < -0.4 is 16.4 Å². The lowest BCUT2D eigenvalue weighted by Crippen LogP contribution is -2.21. The van der Waals surface area contributed by atoms with Crippen LogP contribution in [0.4, 0.5) is 11.4 Å². The minimum atomic E-state index is -4.45. The third kappa shape index (κ3) is 4.75. The normalized spacial score (nSPS) is 11.8. The summed E-state index contributed by atoms with van der Waals surface area (Å²) in [7, 11) is -8.84. The molecule has 13 nitrogen and oxygen atoms in total. The van der Waals surface area contributed by atoms with Crippen molar-refractivity contribution < 1.29 is 35.8 Å². The fraction of sp³-hybridized carbons (Fsp3) is 0. The van der Waals surface area contributed by atoms with Crippen LogP contribution in [0.25, 0.3) is 5.69 Å². The van der Waals surface area contributed by atoms with Gasteiger partial charge >= 0.3 is 5.97 Å². The third-order valence-corrected chi connectivity index (χ3v) is 5.72. The zero-order valence-corrected chi connectivity index (χ0v) is 16.8. The number of hydrogen-bond acceptors (Lipinski definition) is 8. The number of hydrogen-bond donors (Lipinski definition) is 6. The second kappa shape index (κ2) is 7.88. The van der Waals surface area contributed by atoms with E-state index in [1.165, 1.54) is 24.3 Å². The number of carboxylic acids is 1. The molecule has 0 aliphatic carbocycles. The van der Waals surface area contributed by atoms with E-state index in [1.54, 1.807) is 0 Å². The predicted molar refractivity (Wildman–Crippen MR) is 107 cm³/mol. The van der Waals surface area contributed by atoms with Crippen LogP contribution in [0.1, 0.15) is 10.5 Å². The number of H-pyrrole nitrogens is 1. The van der Waals surface area contributed by atoms with Crippen LogP contribution in [-0.2, 0) is 20.2 Å². The summed E-state index contributed by atoms with van der Waals surface area (Å²) >= 11 is 0. The first-order valence-corrected chi connectivity index (χ1v) is 11.0. The van der Waals surface area contributed by atoms with Crippen molar-refractivity contribution in [2.24, 2.45) is 0 Å². The summed E-state index contributed by atoms with van der Waals surface area (Å²) in [5.74, 6) is -1.48. The Morgan fingerprint density at radius 2 is 1.32 bits per heavy atom. The van der Waals surface area contributed by atoms with Gasteiger partial charge in [-0.15, -0.1) is 0 Å². The highest BCUT2D eigenvalue weighted by molar-refractivity contribution is 7.86. The Hall–Kier alpha value is -3.66. The Bertz CT molecular complexity index is 1410. The fourth-order valence-corrected chi connectivity index (χ4v) is 3.46. The van der Waals surface area contributed by atoms with Crippen molar-refractivity contribution in [2.45, 2.75) is 9.79 Å². The van der Waals surface area contributed by atoms with Gasteiger partial charge < -0.3 is 10.5 Å². The van der Waals surface area contributed by atoms with Gasteiger partial charge in [-0.3, -0.25) is 24.4 Å². The molecule has 0 fully saturated rings. The van der Waals surface area contributed by atoms with E-state index >= 15 is 0 Å². The first-order valence-electron chi connectivity index (χ1n) is 8.14. The molecule has 0 bridgehead atoms. The van der Waals surface area contributed by atoms with Crippen LogP contribution in [0.5, 0.6) is 0 Å². The quantitative estimate of drug-likeness (QED) is 0.210. The highest BCUT2D eigenvalue weighted by Crippen LogP contribution is 2.17. The largest absolute Gasteiger partial charge is 0.476 e. The Balaban J connectivity index is 1.92. The summed E-state index contributed by atoms with van der Waals surface area (Å²) in [6, 6.07) is 9.11. The zero-order chi connectivity index (χ0) is 23.0. The highest BCUT2D eigenvalue weighted by atomic mass is 32.2. The number of nitrogens with zero attached hydrogens (tertiary/aromatic N) is 1. The van der Waals surface area contributed by atoms with E-state index in [0.717, 1.165) is 28.9 Å². The molecule has 3 rings (SSSR count). The van der Waals surface area contributed by atoms with Crippen molar-refractivity contribution in [1.29, 1.82) is 0 Å². The molecular weight excluding hydrogens is 456 g/mol. The lowest BCUT2D eigenvalue weighted by molar-refractivity contribution is 0.0691. The smallest absolute Gasteiger partial charge is 0.356 e. The van der Waals surface area contributed by atoms with Crippen molar-refractivity contribution in [3.05, 3.63) is 64.6 Å². The topological polar surface area (TPSA) is 208 Å². The number of rotatable bonds is 7. The van der Waals surface area contributed by atoms with Crippen LogP contribution in [0.15, 0.2) is 63.1 Å². The first-order chi connectivity index (χ1) is 14.4. The maximum atomic E-state index is 12.7. The molecule has 0 aliphatic heterocycles. The molecule has 3 aromatic rings. The van der Waals surface area contributed by atoms with E-state index in [4.69, 9.17) is 9.11 Å². The molecule has 0 radical (unpaired) electrons. The number of carboxylic acid groups (broad SMARTS) is 1. The van der Waals surface area contributed by atoms with E-state index in [-0.39, 0.29) is 16.3 Å². The molecule has 31 heavy (non-hydrogen) atoms. The fourth-order valence-electron chi connectivity index (χ4n) is 2.50. The van der Waals surface area contributed by atoms with E-state index in [9.17, 15) is 31.5 Å². The molecule has 6 N–H and O–H groups in total. The van der Waals surface area contributed by atoms with Crippen molar-refractivity contribution >= 4 is 37.6 Å². The molecule has 164 valence electrons. The Morgan fingerprint density at radius 3 is 1.77 bits per heavy atom. The number of benzene rings is 2. The summed E-state index contributed by atoms with van der Waals surface area (Å²) in [6.07, 6.45) is 0. The average molecular weight is 470 g/mol. The number of carbonyl (C=O) groups is 1. The van der Waals surface area contributed by atoms with Crippen LogP contribution in [-0.4, -0.2) is 46.8 Å². The van der Waals surface area contributed by atoms with Crippen LogP contribution in [0.3, 0.4) is 0 Å². The molecule has 2 aromatic carbocycles. The second-order valence-electron chi connectivity index (χ2n) is 6.03. The maximum Gasteiger partial charge on any atom is 0.356 e. The van der Waals surface area contributed by atoms with Crippen molar-refractivity contribution in [1.82, 2.24) is 9.78 Å². The zero-order valence-electron chi connectivity index (χ0n) is 15.2. The molecule has 0 amide bonds. The molecule has 15 heteroatoms. The Kier molecular flexibility index (Phi) is 5.60. The van der Waals surface area contributed by atoms with Gasteiger partial charge in [-0.25, -0.2) is 9.48 Å². The standard InChI is InChI=1S/C16H14N4O9S2/c21-15-13(18-17-9-1-5-11(6-2-9)30(24,25)26)14(16(22)23)19-20(15)10-3-7-12(8-4-10)31(27,28)29/h1-8,17-19H,(H,22,23)(H,24,25,26)(H,27,28,29). The molecule has 0 saturated carbocycles. The summed E-state index contributed by atoms with van der Waals surface area (Å²) in [4.78, 5) is 23.4. The van der Waals surface area contributed by atoms with Gasteiger partial charge in [0.05, 0.1) is 21.2 Å². The molecular formula is C16H14N4O9S2. The summed E-state index contributed by atoms with van der Waals surface area (Å²) < 4.78 is 63.2. The van der Waals surface area contributed by atoms with E-state index in [2.05, 4.69) is 16.0 Å². The van der Waals surface area contributed by atoms with Gasteiger partial charge in [-0.05, 0) is 48.5 Å². The van der Waals surface area contributed by atoms with Crippen LogP contribution >= 0.6 is 0 Å². The molecule has 0 atom stereocenters. The van der Waals surface area contributed by atoms with Gasteiger partial charge in [0.15, 0.2) is 11.4 Å². The summed E-state index contributed by atoms with van der Waals surface area (Å²) in [5.41, 5.74) is 3.53. The second-order valence-corrected chi connectivity index (χ2v) is 8.87. The third-order valence-electron chi connectivity index (χ3n) is 3.98. The number of anilines is 2. The molecule has 1 aromatic heterocycles. The molecule has 1 heterocycles. The predicted octanol–water partition coefficient (Wildman–Crippen LogP) is 0.796. The lowest BCUT2D eigenvalue weighted by atomic mass is 10.3. The van der Waals surface area contributed by atoms with E-state index in [1.807, 2.05) is 0 Å². The molecule has 0 spiro atoms. The molecule has 0 unspecified atom stereocenters.